The Morgan fingerprint density at radius 1 is 0.929 bits per heavy atom. The Kier molecular flexibility index (Phi) is 4.32. The van der Waals surface area contributed by atoms with Crippen molar-refractivity contribution in [2.24, 2.45) is 0 Å². The summed E-state index contributed by atoms with van der Waals surface area (Å²) < 4.78 is 13.2. The van der Waals surface area contributed by atoms with Crippen LogP contribution in [0, 0.1) is 0 Å². The van der Waals surface area contributed by atoms with Crippen LogP contribution in [-0.4, -0.2) is 76.2 Å². The smallest absolute Gasteiger partial charge is 0.290 e. The van der Waals surface area contributed by atoms with Crippen molar-refractivity contribution in [3.63, 3.8) is 0 Å². The molecule has 0 aliphatic carbocycles. The summed E-state index contributed by atoms with van der Waals surface area (Å²) in [6.07, 6.45) is 5.14. The van der Waals surface area contributed by atoms with E-state index in [1.165, 1.54) is 0 Å². The number of fused-ring (bicyclic) bond motifs is 1. The number of ether oxygens (including phenoxy) is 2. The number of amides is 2. The van der Waals surface area contributed by atoms with Crippen LogP contribution in [0.1, 0.15) is 46.8 Å². The minimum Gasteiger partial charge on any atom is -0.347 e. The van der Waals surface area contributed by atoms with E-state index in [1.807, 2.05) is 23.1 Å². The maximum atomic E-state index is 13.2. The predicted octanol–water partition coefficient (Wildman–Crippen LogP) is 1.55. The summed E-state index contributed by atoms with van der Waals surface area (Å²) in [5.74, 6) is -0.457. The van der Waals surface area contributed by atoms with Crippen molar-refractivity contribution in [3.8, 4) is 0 Å². The first-order valence-corrected chi connectivity index (χ1v) is 10.0. The van der Waals surface area contributed by atoms with Gasteiger partial charge in [0.15, 0.2) is 11.5 Å². The van der Waals surface area contributed by atoms with Gasteiger partial charge in [0.05, 0.1) is 18.7 Å². The summed E-state index contributed by atoms with van der Waals surface area (Å²) >= 11 is 0. The largest absolute Gasteiger partial charge is 0.347 e. The van der Waals surface area contributed by atoms with Crippen LogP contribution in [0.4, 0.5) is 0 Å². The normalized spacial score (nSPS) is 21.7. The van der Waals surface area contributed by atoms with Gasteiger partial charge < -0.3 is 19.3 Å². The van der Waals surface area contributed by atoms with Gasteiger partial charge >= 0.3 is 0 Å². The summed E-state index contributed by atoms with van der Waals surface area (Å²) in [5.41, 5.74) is 1.01. The van der Waals surface area contributed by atoms with Gasteiger partial charge in [0.1, 0.15) is 0 Å². The SMILES string of the molecule is O=C(c1nc(C(=O)N2CCCC2)n2ccccc12)N1CCC2(CC1)OCCO2. The molecule has 1 spiro atoms. The predicted molar refractivity (Wildman–Crippen MR) is 100 cm³/mol. The fourth-order valence-corrected chi connectivity index (χ4v) is 4.39. The molecule has 0 bridgehead atoms. The lowest BCUT2D eigenvalue weighted by Crippen LogP contribution is -2.47. The van der Waals surface area contributed by atoms with Gasteiger partial charge in [0.2, 0.25) is 5.82 Å². The van der Waals surface area contributed by atoms with Crippen molar-refractivity contribution in [2.75, 3.05) is 39.4 Å². The molecule has 3 aliphatic heterocycles. The van der Waals surface area contributed by atoms with Gasteiger partial charge in [0.25, 0.3) is 11.8 Å². The second-order valence-corrected chi connectivity index (χ2v) is 7.64. The Labute approximate surface area is 163 Å². The summed E-state index contributed by atoms with van der Waals surface area (Å²) in [6, 6.07) is 5.56. The zero-order valence-corrected chi connectivity index (χ0v) is 15.8. The van der Waals surface area contributed by atoms with Gasteiger partial charge in [-0.2, -0.15) is 0 Å². The summed E-state index contributed by atoms with van der Waals surface area (Å²) in [5, 5.41) is 0. The van der Waals surface area contributed by atoms with Crippen molar-refractivity contribution >= 4 is 17.3 Å². The Morgan fingerprint density at radius 3 is 2.32 bits per heavy atom. The molecule has 148 valence electrons. The molecule has 5 rings (SSSR count). The molecule has 8 heteroatoms. The van der Waals surface area contributed by atoms with Crippen molar-refractivity contribution in [1.29, 1.82) is 0 Å². The highest BCUT2D eigenvalue weighted by atomic mass is 16.7. The second-order valence-electron chi connectivity index (χ2n) is 7.64. The highest BCUT2D eigenvalue weighted by Crippen LogP contribution is 2.32. The maximum Gasteiger partial charge on any atom is 0.290 e. The van der Waals surface area contributed by atoms with E-state index in [9.17, 15) is 9.59 Å². The average molecular weight is 384 g/mol. The van der Waals surface area contributed by atoms with Gasteiger partial charge in [-0.05, 0) is 25.0 Å². The van der Waals surface area contributed by atoms with E-state index in [1.54, 1.807) is 15.5 Å². The number of nitrogens with zero attached hydrogens (tertiary/aromatic N) is 4. The third-order valence-electron chi connectivity index (χ3n) is 5.96. The Hall–Kier alpha value is -2.45. The molecule has 0 aromatic carbocycles. The van der Waals surface area contributed by atoms with Crippen molar-refractivity contribution in [2.45, 2.75) is 31.5 Å². The van der Waals surface area contributed by atoms with E-state index in [4.69, 9.17) is 9.47 Å². The van der Waals surface area contributed by atoms with Gasteiger partial charge in [-0.3, -0.25) is 14.0 Å². The van der Waals surface area contributed by atoms with E-state index in [-0.39, 0.29) is 11.8 Å². The molecular weight excluding hydrogens is 360 g/mol. The number of piperidine rings is 1. The van der Waals surface area contributed by atoms with Crippen molar-refractivity contribution in [1.82, 2.24) is 19.2 Å². The topological polar surface area (TPSA) is 76.4 Å². The maximum absolute atomic E-state index is 13.2. The third kappa shape index (κ3) is 2.87. The zero-order valence-electron chi connectivity index (χ0n) is 15.8. The van der Waals surface area contributed by atoms with Crippen LogP contribution < -0.4 is 0 Å². The van der Waals surface area contributed by atoms with E-state index < -0.39 is 5.79 Å². The first-order valence-electron chi connectivity index (χ1n) is 10.0. The summed E-state index contributed by atoms with van der Waals surface area (Å²) in [4.78, 5) is 34.3. The minimum absolute atomic E-state index is 0.108. The highest BCUT2D eigenvalue weighted by molar-refractivity contribution is 6.02. The minimum atomic E-state index is -0.524. The highest BCUT2D eigenvalue weighted by Gasteiger charge is 2.41. The molecule has 2 aromatic heterocycles. The first-order chi connectivity index (χ1) is 13.7. The van der Waals surface area contributed by atoms with E-state index in [0.717, 1.165) is 25.9 Å². The van der Waals surface area contributed by atoms with Gasteiger partial charge in [-0.15, -0.1) is 0 Å². The van der Waals surface area contributed by atoms with Crippen molar-refractivity contribution in [3.05, 3.63) is 35.9 Å². The fourth-order valence-electron chi connectivity index (χ4n) is 4.39. The molecule has 0 saturated carbocycles. The van der Waals surface area contributed by atoms with E-state index in [0.29, 0.717) is 56.2 Å². The van der Waals surface area contributed by atoms with Crippen LogP contribution in [0.2, 0.25) is 0 Å². The van der Waals surface area contributed by atoms with Crippen LogP contribution in [0.3, 0.4) is 0 Å². The van der Waals surface area contributed by atoms with Gasteiger partial charge in [-0.25, -0.2) is 4.98 Å². The van der Waals surface area contributed by atoms with Crippen LogP contribution in [-0.2, 0) is 9.47 Å². The number of imidazole rings is 1. The molecule has 3 aliphatic rings. The van der Waals surface area contributed by atoms with Crippen LogP contribution in [0.25, 0.3) is 5.52 Å². The first kappa shape index (κ1) is 17.6. The molecule has 2 amide bonds. The standard InChI is InChI=1S/C20H24N4O4/c25-18(23-11-6-20(7-12-23)27-13-14-28-20)16-15-5-1-2-10-24(15)17(21-16)19(26)22-8-3-4-9-22/h1-2,5,10H,3-4,6-9,11-14H2. The molecule has 28 heavy (non-hydrogen) atoms. The number of hydrogen-bond acceptors (Lipinski definition) is 5. The summed E-state index contributed by atoms with van der Waals surface area (Å²) in [7, 11) is 0. The molecule has 0 atom stereocenters. The molecular formula is C20H24N4O4. The number of rotatable bonds is 2. The Bertz CT molecular complexity index is 902. The molecule has 0 radical (unpaired) electrons. The fraction of sp³-hybridized carbons (Fsp3) is 0.550. The second kappa shape index (κ2) is 6.86. The lowest BCUT2D eigenvalue weighted by molar-refractivity contribution is -0.181. The third-order valence-corrected chi connectivity index (χ3v) is 5.96. The van der Waals surface area contributed by atoms with Crippen LogP contribution in [0.15, 0.2) is 24.4 Å². The monoisotopic (exact) mass is 384 g/mol. The van der Waals surface area contributed by atoms with E-state index >= 15 is 0 Å². The van der Waals surface area contributed by atoms with Crippen molar-refractivity contribution < 1.29 is 19.1 Å². The number of hydrogen-bond donors (Lipinski definition) is 0. The molecule has 5 heterocycles. The number of carbonyl (C=O) groups excluding carboxylic acids is 2. The number of aromatic nitrogens is 2. The molecule has 3 fully saturated rings. The molecule has 0 N–H and O–H groups in total. The lowest BCUT2D eigenvalue weighted by atomic mass is 10.0. The van der Waals surface area contributed by atoms with Gasteiger partial charge in [0, 0.05) is 45.2 Å². The van der Waals surface area contributed by atoms with Crippen LogP contribution >= 0.6 is 0 Å². The molecule has 8 nitrogen and oxygen atoms in total. The van der Waals surface area contributed by atoms with E-state index in [2.05, 4.69) is 4.98 Å². The lowest BCUT2D eigenvalue weighted by Gasteiger charge is -2.37. The number of pyridine rings is 1. The average Bonchev–Trinajstić information content (AvgIpc) is 3.48. The van der Waals surface area contributed by atoms with Gasteiger partial charge in [-0.1, -0.05) is 6.07 Å². The molecule has 3 saturated heterocycles. The molecule has 2 aromatic rings. The number of carbonyl (C=O) groups is 2. The quantitative estimate of drug-likeness (QED) is 0.785. The zero-order chi connectivity index (χ0) is 19.1. The number of likely N-dealkylation sites (tertiary alicyclic amines) is 2. The van der Waals surface area contributed by atoms with Crippen LogP contribution in [0.5, 0.6) is 0 Å². The Balaban J connectivity index is 1.42. The summed E-state index contributed by atoms with van der Waals surface area (Å²) in [6.45, 7) is 3.83. The Morgan fingerprint density at radius 2 is 1.61 bits per heavy atom. The molecule has 0 unspecified atom stereocenters.